The topological polar surface area (TPSA) is 117 Å². The first-order valence-corrected chi connectivity index (χ1v) is 12.3. The number of carbonyl (C=O) groups is 1. The van der Waals surface area contributed by atoms with Crippen LogP contribution in [0.5, 0.6) is 0 Å². The van der Waals surface area contributed by atoms with Gasteiger partial charge in [-0.15, -0.1) is 5.10 Å². The van der Waals surface area contributed by atoms with Crippen molar-refractivity contribution >= 4 is 33.2 Å². The van der Waals surface area contributed by atoms with E-state index in [2.05, 4.69) is 25.4 Å². The second-order valence-corrected chi connectivity index (χ2v) is 10.2. The fourth-order valence-corrected chi connectivity index (χ4v) is 5.11. The summed E-state index contributed by atoms with van der Waals surface area (Å²) < 4.78 is 28.7. The molecule has 1 unspecified atom stereocenters. The largest absolute Gasteiger partial charge is 0.346 e. The molecule has 2 aliphatic carbocycles. The van der Waals surface area contributed by atoms with Crippen molar-refractivity contribution in [2.75, 3.05) is 10.0 Å². The summed E-state index contributed by atoms with van der Waals surface area (Å²) in [5, 5.41) is 10.3. The highest BCUT2D eigenvalue weighted by Crippen LogP contribution is 2.31. The van der Waals surface area contributed by atoms with Crippen molar-refractivity contribution in [1.82, 2.24) is 19.9 Å². The molecule has 1 saturated carbocycles. The third kappa shape index (κ3) is 4.75. The van der Waals surface area contributed by atoms with Gasteiger partial charge in [0.25, 0.3) is 0 Å². The molecule has 33 heavy (non-hydrogen) atoms. The van der Waals surface area contributed by atoms with Gasteiger partial charge in [0.1, 0.15) is 0 Å². The van der Waals surface area contributed by atoms with E-state index >= 15 is 0 Å². The monoisotopic (exact) mass is 464 g/mol. The van der Waals surface area contributed by atoms with E-state index in [0.29, 0.717) is 23.7 Å². The van der Waals surface area contributed by atoms with E-state index < -0.39 is 10.0 Å². The number of amides is 1. The minimum Gasteiger partial charge on any atom is -0.346 e. The van der Waals surface area contributed by atoms with Crippen molar-refractivity contribution < 1.29 is 13.2 Å². The van der Waals surface area contributed by atoms with Crippen LogP contribution in [0.4, 0.5) is 11.6 Å². The van der Waals surface area contributed by atoms with E-state index in [0.717, 1.165) is 29.7 Å². The summed E-state index contributed by atoms with van der Waals surface area (Å²) >= 11 is 0. The molecular weight excluding hydrogens is 440 g/mol. The van der Waals surface area contributed by atoms with Crippen LogP contribution >= 0.6 is 0 Å². The fraction of sp³-hybridized carbons (Fsp3) is 0.261. The SMILES string of the molecule is CC(=O)NC1=CCC(Nc2nc3c(-c4ccc(NS(=O)(=O)C5CC5)cc4)cccn3n2)C=C1. The molecule has 0 bridgehead atoms. The number of nitrogens with zero attached hydrogens (tertiary/aromatic N) is 3. The Labute approximate surface area is 191 Å². The molecule has 2 heterocycles. The van der Waals surface area contributed by atoms with Gasteiger partial charge in [0.05, 0.1) is 11.3 Å². The number of sulfonamides is 1. The molecule has 0 saturated heterocycles. The number of allylic oxidation sites excluding steroid dienone is 1. The summed E-state index contributed by atoms with van der Waals surface area (Å²) in [5.41, 5.74) is 3.84. The molecule has 1 fully saturated rings. The summed E-state index contributed by atoms with van der Waals surface area (Å²) in [7, 11) is -3.29. The maximum absolute atomic E-state index is 12.2. The van der Waals surface area contributed by atoms with Crippen LogP contribution in [0.15, 0.2) is 66.5 Å². The second kappa shape index (κ2) is 8.36. The van der Waals surface area contributed by atoms with Gasteiger partial charge in [0.15, 0.2) is 5.65 Å². The zero-order chi connectivity index (χ0) is 23.0. The van der Waals surface area contributed by atoms with E-state index in [-0.39, 0.29) is 17.2 Å². The summed E-state index contributed by atoms with van der Waals surface area (Å²) in [4.78, 5) is 15.9. The Morgan fingerprint density at radius 2 is 1.94 bits per heavy atom. The van der Waals surface area contributed by atoms with E-state index in [9.17, 15) is 13.2 Å². The summed E-state index contributed by atoms with van der Waals surface area (Å²) in [5.74, 6) is 0.405. The van der Waals surface area contributed by atoms with Crippen LogP contribution in [0.1, 0.15) is 26.2 Å². The Morgan fingerprint density at radius 1 is 1.15 bits per heavy atom. The number of anilines is 2. The number of pyridine rings is 1. The highest BCUT2D eigenvalue weighted by Gasteiger charge is 2.35. The Hall–Kier alpha value is -3.66. The zero-order valence-corrected chi connectivity index (χ0v) is 18.8. The maximum Gasteiger partial charge on any atom is 0.243 e. The van der Waals surface area contributed by atoms with Crippen LogP contribution < -0.4 is 15.4 Å². The van der Waals surface area contributed by atoms with Crippen LogP contribution in [-0.2, 0) is 14.8 Å². The number of carbonyl (C=O) groups excluding carboxylic acids is 1. The molecule has 0 spiro atoms. The van der Waals surface area contributed by atoms with Gasteiger partial charge in [-0.2, -0.15) is 4.98 Å². The molecular formula is C23H24N6O3S. The first-order valence-electron chi connectivity index (χ1n) is 10.8. The molecule has 0 radical (unpaired) electrons. The zero-order valence-electron chi connectivity index (χ0n) is 18.0. The Balaban J connectivity index is 1.33. The number of aromatic nitrogens is 3. The summed E-state index contributed by atoms with van der Waals surface area (Å²) in [6.07, 6.45) is 9.78. The molecule has 1 atom stereocenters. The molecule has 5 rings (SSSR count). The molecule has 3 aromatic rings. The molecule has 170 valence electrons. The normalized spacial score (nSPS) is 18.1. The predicted molar refractivity (Wildman–Crippen MR) is 127 cm³/mol. The highest BCUT2D eigenvalue weighted by molar-refractivity contribution is 7.93. The third-order valence-corrected chi connectivity index (χ3v) is 7.39. The van der Waals surface area contributed by atoms with Gasteiger partial charge in [-0.1, -0.05) is 24.3 Å². The van der Waals surface area contributed by atoms with E-state index in [1.165, 1.54) is 6.92 Å². The summed E-state index contributed by atoms with van der Waals surface area (Å²) in [6, 6.07) is 11.1. The molecule has 10 heteroatoms. The van der Waals surface area contributed by atoms with Crippen molar-refractivity contribution in [2.24, 2.45) is 0 Å². The Kier molecular flexibility index (Phi) is 5.37. The molecule has 1 aromatic carbocycles. The van der Waals surface area contributed by atoms with Gasteiger partial charge in [-0.25, -0.2) is 12.9 Å². The first-order chi connectivity index (χ1) is 15.9. The van der Waals surface area contributed by atoms with Crippen molar-refractivity contribution in [1.29, 1.82) is 0 Å². The standard InChI is InChI=1S/C23H24N6O3S/c1-15(30)24-17-8-10-18(11-9-17)25-23-26-22-21(3-2-14-29(22)27-23)16-4-6-19(7-5-16)28-33(31,32)20-12-13-20/h2-10,14,18,20,28H,11-13H2,1H3,(H,24,30)(H,25,27). The van der Waals surface area contributed by atoms with Gasteiger partial charge in [-0.05, 0) is 55.2 Å². The van der Waals surface area contributed by atoms with Crippen LogP contribution in [0, 0.1) is 0 Å². The summed E-state index contributed by atoms with van der Waals surface area (Å²) in [6.45, 7) is 1.48. The lowest BCUT2D eigenvalue weighted by molar-refractivity contribution is -0.118. The number of hydrogen-bond donors (Lipinski definition) is 3. The number of hydrogen-bond acceptors (Lipinski definition) is 6. The number of benzene rings is 1. The van der Waals surface area contributed by atoms with Gasteiger partial charge in [0, 0.05) is 30.1 Å². The molecule has 3 N–H and O–H groups in total. The minimum atomic E-state index is -3.29. The van der Waals surface area contributed by atoms with Crippen molar-refractivity contribution in [3.63, 3.8) is 0 Å². The van der Waals surface area contributed by atoms with Gasteiger partial charge < -0.3 is 10.6 Å². The van der Waals surface area contributed by atoms with Crippen molar-refractivity contribution in [3.8, 4) is 11.1 Å². The van der Waals surface area contributed by atoms with Crippen LogP contribution in [0.2, 0.25) is 0 Å². The maximum atomic E-state index is 12.2. The number of fused-ring (bicyclic) bond motifs is 1. The lowest BCUT2D eigenvalue weighted by Gasteiger charge is -2.16. The molecule has 2 aromatic heterocycles. The van der Waals surface area contributed by atoms with Crippen LogP contribution in [0.25, 0.3) is 16.8 Å². The van der Waals surface area contributed by atoms with E-state index in [1.807, 2.05) is 48.7 Å². The molecule has 9 nitrogen and oxygen atoms in total. The Bertz CT molecular complexity index is 1370. The first kappa shape index (κ1) is 21.2. The van der Waals surface area contributed by atoms with E-state index in [4.69, 9.17) is 0 Å². The van der Waals surface area contributed by atoms with Gasteiger partial charge in [0.2, 0.25) is 21.9 Å². The quantitative estimate of drug-likeness (QED) is 0.495. The number of nitrogens with one attached hydrogen (secondary N) is 3. The van der Waals surface area contributed by atoms with Gasteiger partial charge >= 0.3 is 0 Å². The molecule has 2 aliphatic rings. The minimum absolute atomic E-state index is 0.0159. The highest BCUT2D eigenvalue weighted by atomic mass is 32.2. The van der Waals surface area contributed by atoms with E-state index in [1.54, 1.807) is 16.6 Å². The third-order valence-electron chi connectivity index (χ3n) is 5.52. The smallest absolute Gasteiger partial charge is 0.243 e. The predicted octanol–water partition coefficient (Wildman–Crippen LogP) is 3.06. The lowest BCUT2D eigenvalue weighted by atomic mass is 10.1. The molecule has 0 aliphatic heterocycles. The van der Waals surface area contributed by atoms with Crippen molar-refractivity contribution in [3.05, 3.63) is 66.5 Å². The van der Waals surface area contributed by atoms with Crippen LogP contribution in [0.3, 0.4) is 0 Å². The van der Waals surface area contributed by atoms with Gasteiger partial charge in [-0.3, -0.25) is 9.52 Å². The average Bonchev–Trinajstić information content (AvgIpc) is 3.56. The average molecular weight is 465 g/mol. The number of rotatable bonds is 7. The second-order valence-electron chi connectivity index (χ2n) is 8.24. The van der Waals surface area contributed by atoms with Crippen molar-refractivity contribution in [2.45, 2.75) is 37.5 Å². The molecule has 1 amide bonds. The fourth-order valence-electron chi connectivity index (χ4n) is 3.73. The lowest BCUT2D eigenvalue weighted by Crippen LogP contribution is -2.24. The Morgan fingerprint density at radius 3 is 2.61 bits per heavy atom. The van der Waals surface area contributed by atoms with Crippen LogP contribution in [-0.4, -0.2) is 40.2 Å².